The number of nitro benzene ring substituents is 2. The van der Waals surface area contributed by atoms with E-state index in [1.165, 1.54) is 21.3 Å². The van der Waals surface area contributed by atoms with Crippen LogP contribution < -0.4 is 9.47 Å². The molecule has 13 heteroatoms. The van der Waals surface area contributed by atoms with Crippen LogP contribution in [0, 0.1) is 20.2 Å². The van der Waals surface area contributed by atoms with Crippen molar-refractivity contribution >= 4 is 17.3 Å². The minimum atomic E-state index is -0.808. The molecule has 0 fully saturated rings. The van der Waals surface area contributed by atoms with E-state index in [1.807, 2.05) is 0 Å². The lowest BCUT2D eigenvalue weighted by Crippen LogP contribution is -2.26. The van der Waals surface area contributed by atoms with Crippen molar-refractivity contribution < 1.29 is 28.5 Å². The van der Waals surface area contributed by atoms with Crippen LogP contribution in [0.4, 0.5) is 11.4 Å². The number of non-ortho nitro benzene ring substituents is 2. The Balaban J connectivity index is 1.81. The Morgan fingerprint density at radius 1 is 1.00 bits per heavy atom. The minimum Gasteiger partial charge on any atom is -0.493 e. The van der Waals surface area contributed by atoms with E-state index in [9.17, 15) is 25.0 Å². The highest BCUT2D eigenvalue weighted by atomic mass is 16.6. The highest BCUT2D eigenvalue weighted by molar-refractivity contribution is 5.95. The second-order valence-corrected chi connectivity index (χ2v) is 6.48. The number of nitrogens with zero attached hydrogens (tertiary/aromatic N) is 5. The molecule has 166 valence electrons. The van der Waals surface area contributed by atoms with Crippen molar-refractivity contribution in [1.29, 1.82) is 0 Å². The fourth-order valence-corrected chi connectivity index (χ4v) is 2.83. The normalized spacial score (nSPS) is 10.5. The zero-order valence-electron chi connectivity index (χ0n) is 17.2. The molecule has 0 saturated heterocycles. The fraction of sp³-hybridized carbons (Fsp3) is 0.211. The molecule has 1 amide bonds. The quantitative estimate of drug-likeness (QED) is 0.373. The summed E-state index contributed by atoms with van der Waals surface area (Å²) >= 11 is 0. The Morgan fingerprint density at radius 3 is 2.19 bits per heavy atom. The number of carbonyl (C=O) groups excluding carboxylic acids is 1. The topological polar surface area (TPSA) is 164 Å². The molecule has 0 spiro atoms. The van der Waals surface area contributed by atoms with Gasteiger partial charge in [-0.25, -0.2) is 0 Å². The maximum atomic E-state index is 12.7. The van der Waals surface area contributed by atoms with Crippen molar-refractivity contribution in [1.82, 2.24) is 15.1 Å². The van der Waals surface area contributed by atoms with Gasteiger partial charge >= 0.3 is 0 Å². The molecule has 0 aliphatic carbocycles. The van der Waals surface area contributed by atoms with Crippen LogP contribution >= 0.6 is 0 Å². The van der Waals surface area contributed by atoms with Crippen molar-refractivity contribution in [2.45, 2.75) is 6.54 Å². The number of benzene rings is 2. The van der Waals surface area contributed by atoms with Gasteiger partial charge in [-0.2, -0.15) is 0 Å². The Bertz CT molecular complexity index is 1160. The molecule has 0 aliphatic rings. The van der Waals surface area contributed by atoms with Crippen molar-refractivity contribution in [3.63, 3.8) is 0 Å². The second kappa shape index (κ2) is 9.07. The van der Waals surface area contributed by atoms with Gasteiger partial charge in [0.15, 0.2) is 11.5 Å². The molecular formula is C19H17N5O8. The first kappa shape index (κ1) is 22.1. The number of rotatable bonds is 8. The van der Waals surface area contributed by atoms with Gasteiger partial charge < -0.3 is 18.8 Å². The van der Waals surface area contributed by atoms with E-state index >= 15 is 0 Å². The monoisotopic (exact) mass is 443 g/mol. The molecule has 0 atom stereocenters. The molecule has 1 aromatic heterocycles. The molecule has 0 aliphatic heterocycles. The third kappa shape index (κ3) is 4.61. The summed E-state index contributed by atoms with van der Waals surface area (Å²) in [5.74, 6) is 0.553. The number of hydrogen-bond donors (Lipinski definition) is 0. The summed E-state index contributed by atoms with van der Waals surface area (Å²) in [7, 11) is 4.39. The first-order valence-electron chi connectivity index (χ1n) is 8.97. The maximum Gasteiger partial charge on any atom is 0.277 e. The van der Waals surface area contributed by atoms with Crippen molar-refractivity contribution in [3.8, 4) is 23.0 Å². The molecule has 32 heavy (non-hydrogen) atoms. The van der Waals surface area contributed by atoms with E-state index in [0.717, 1.165) is 23.1 Å². The predicted octanol–water partition coefficient (Wildman–Crippen LogP) is 2.84. The molecule has 1 heterocycles. The smallest absolute Gasteiger partial charge is 0.277 e. The molecule has 13 nitrogen and oxygen atoms in total. The fourth-order valence-electron chi connectivity index (χ4n) is 2.83. The first-order chi connectivity index (χ1) is 15.2. The number of aromatic nitrogens is 2. The summed E-state index contributed by atoms with van der Waals surface area (Å²) in [6, 6.07) is 7.72. The van der Waals surface area contributed by atoms with E-state index in [0.29, 0.717) is 17.1 Å². The van der Waals surface area contributed by atoms with Crippen molar-refractivity contribution in [3.05, 3.63) is 68.1 Å². The first-order valence-corrected chi connectivity index (χ1v) is 8.97. The third-order valence-corrected chi connectivity index (χ3v) is 4.39. The Labute approximate surface area is 180 Å². The van der Waals surface area contributed by atoms with E-state index in [1.54, 1.807) is 18.2 Å². The molecule has 0 saturated carbocycles. The average molecular weight is 443 g/mol. The Morgan fingerprint density at radius 2 is 1.62 bits per heavy atom. The highest BCUT2D eigenvalue weighted by Crippen LogP contribution is 2.32. The minimum absolute atomic E-state index is 0.0885. The number of carbonyl (C=O) groups is 1. The molecule has 0 N–H and O–H groups in total. The molecule has 3 rings (SSSR count). The van der Waals surface area contributed by atoms with Crippen LogP contribution in [0.5, 0.6) is 11.5 Å². The van der Waals surface area contributed by atoms with E-state index in [-0.39, 0.29) is 23.9 Å². The van der Waals surface area contributed by atoms with Gasteiger partial charge in [-0.1, -0.05) is 0 Å². The van der Waals surface area contributed by atoms with Gasteiger partial charge in [0.05, 0.1) is 42.2 Å². The lowest BCUT2D eigenvalue weighted by molar-refractivity contribution is -0.394. The SMILES string of the molecule is COc1ccc(-c2nnc(CN(C)C(=O)c3cc([N+](=O)[O-])cc([N+](=O)[O-])c3)o2)cc1OC. The number of methoxy groups -OCH3 is 2. The van der Waals surface area contributed by atoms with Gasteiger partial charge in [-0.05, 0) is 18.2 Å². The number of amides is 1. The lowest BCUT2D eigenvalue weighted by atomic mass is 10.1. The number of hydrogen-bond acceptors (Lipinski definition) is 10. The number of nitro groups is 2. The highest BCUT2D eigenvalue weighted by Gasteiger charge is 2.23. The van der Waals surface area contributed by atoms with Crippen LogP contribution in [-0.2, 0) is 6.54 Å². The standard InChI is InChI=1S/C19H17N5O8/c1-22(19(25)12-6-13(23(26)27)9-14(7-12)24(28)29)10-17-20-21-18(32-17)11-4-5-15(30-2)16(8-11)31-3/h4-9H,10H2,1-3H3. The zero-order chi connectivity index (χ0) is 23.4. The van der Waals surface area contributed by atoms with E-state index in [2.05, 4.69) is 10.2 Å². The molecular weight excluding hydrogens is 426 g/mol. The predicted molar refractivity (Wildman–Crippen MR) is 108 cm³/mol. The van der Waals surface area contributed by atoms with Gasteiger partial charge in [-0.3, -0.25) is 25.0 Å². The van der Waals surface area contributed by atoms with Gasteiger partial charge in [0.2, 0.25) is 11.8 Å². The van der Waals surface area contributed by atoms with Crippen LogP contribution in [0.2, 0.25) is 0 Å². The molecule has 3 aromatic rings. The van der Waals surface area contributed by atoms with Crippen LogP contribution in [0.3, 0.4) is 0 Å². The lowest BCUT2D eigenvalue weighted by Gasteiger charge is -2.14. The summed E-state index contributed by atoms with van der Waals surface area (Å²) in [5, 5.41) is 29.9. The Hall–Kier alpha value is -4.55. The van der Waals surface area contributed by atoms with E-state index in [4.69, 9.17) is 13.9 Å². The van der Waals surface area contributed by atoms with Gasteiger partial charge in [0, 0.05) is 24.7 Å². The molecule has 2 aromatic carbocycles. The molecule has 0 bridgehead atoms. The van der Waals surface area contributed by atoms with Crippen molar-refractivity contribution in [2.75, 3.05) is 21.3 Å². The van der Waals surface area contributed by atoms with E-state index < -0.39 is 27.1 Å². The molecule has 0 unspecified atom stereocenters. The van der Waals surface area contributed by atoms with Crippen LogP contribution in [0.25, 0.3) is 11.5 Å². The van der Waals surface area contributed by atoms with Crippen LogP contribution in [0.1, 0.15) is 16.2 Å². The summed E-state index contributed by atoms with van der Waals surface area (Å²) < 4.78 is 16.0. The summed E-state index contributed by atoms with van der Waals surface area (Å²) in [6.45, 7) is -0.129. The Kier molecular flexibility index (Phi) is 6.28. The third-order valence-electron chi connectivity index (χ3n) is 4.39. The van der Waals surface area contributed by atoms with Gasteiger partial charge in [0.1, 0.15) is 0 Å². The van der Waals surface area contributed by atoms with Gasteiger partial charge in [0.25, 0.3) is 17.3 Å². The summed E-state index contributed by atoms with van der Waals surface area (Å²) in [4.78, 5) is 34.3. The van der Waals surface area contributed by atoms with Crippen LogP contribution in [0.15, 0.2) is 40.8 Å². The number of ether oxygens (including phenoxy) is 2. The zero-order valence-corrected chi connectivity index (χ0v) is 17.2. The molecule has 0 radical (unpaired) electrons. The average Bonchev–Trinajstić information content (AvgIpc) is 3.25. The van der Waals surface area contributed by atoms with Gasteiger partial charge in [-0.15, -0.1) is 10.2 Å². The maximum absolute atomic E-state index is 12.7. The summed E-state index contributed by atoms with van der Waals surface area (Å²) in [6.07, 6.45) is 0. The summed E-state index contributed by atoms with van der Waals surface area (Å²) in [5.41, 5.74) is -0.785. The largest absolute Gasteiger partial charge is 0.493 e. The van der Waals surface area contributed by atoms with Crippen molar-refractivity contribution in [2.24, 2.45) is 0 Å². The van der Waals surface area contributed by atoms with Crippen LogP contribution in [-0.4, -0.2) is 52.1 Å². The second-order valence-electron chi connectivity index (χ2n) is 6.48.